The lowest BCUT2D eigenvalue weighted by molar-refractivity contribution is 0.111. The molecule has 7 heteroatoms. The summed E-state index contributed by atoms with van der Waals surface area (Å²) in [7, 11) is 5.39. The first-order valence-corrected chi connectivity index (χ1v) is 10.1. The molecule has 0 aromatic heterocycles. The summed E-state index contributed by atoms with van der Waals surface area (Å²) in [5.41, 5.74) is 1.33. The predicted molar refractivity (Wildman–Crippen MR) is 113 cm³/mol. The Labute approximate surface area is 169 Å². The SMILES string of the molecule is CN=C(NCCC(C)N(C)Cc1ccccc1)NC1CCN(C(=O)OC)CC1. The highest BCUT2D eigenvalue weighted by Crippen LogP contribution is 2.11. The molecule has 1 aliphatic rings. The Balaban J connectivity index is 1.67. The van der Waals surface area contributed by atoms with E-state index in [4.69, 9.17) is 4.74 Å². The van der Waals surface area contributed by atoms with Gasteiger partial charge in [-0.05, 0) is 38.8 Å². The van der Waals surface area contributed by atoms with Crippen molar-refractivity contribution in [2.45, 2.75) is 44.8 Å². The second-order valence-corrected chi connectivity index (χ2v) is 7.41. The summed E-state index contributed by atoms with van der Waals surface area (Å²) in [4.78, 5) is 20.0. The van der Waals surface area contributed by atoms with Crippen LogP contribution in [0.4, 0.5) is 4.79 Å². The van der Waals surface area contributed by atoms with Crippen LogP contribution >= 0.6 is 0 Å². The van der Waals surface area contributed by atoms with Crippen LogP contribution in [0.15, 0.2) is 35.3 Å². The van der Waals surface area contributed by atoms with E-state index in [9.17, 15) is 4.79 Å². The quantitative estimate of drug-likeness (QED) is 0.553. The van der Waals surface area contributed by atoms with Gasteiger partial charge in [0.25, 0.3) is 0 Å². The molecule has 0 saturated carbocycles. The fourth-order valence-electron chi connectivity index (χ4n) is 3.37. The van der Waals surface area contributed by atoms with Crippen LogP contribution in [0.5, 0.6) is 0 Å². The number of nitrogens with zero attached hydrogens (tertiary/aromatic N) is 3. The molecule has 2 N–H and O–H groups in total. The van der Waals surface area contributed by atoms with Crippen molar-refractivity contribution >= 4 is 12.1 Å². The Morgan fingerprint density at radius 1 is 1.32 bits per heavy atom. The molecule has 1 aromatic rings. The first kappa shape index (κ1) is 22.0. The minimum absolute atomic E-state index is 0.241. The lowest BCUT2D eigenvalue weighted by atomic mass is 10.1. The molecule has 1 aliphatic heterocycles. The van der Waals surface area contributed by atoms with Crippen molar-refractivity contribution in [2.24, 2.45) is 4.99 Å². The molecular formula is C21H35N5O2. The zero-order chi connectivity index (χ0) is 20.4. The molecule has 1 heterocycles. The molecule has 0 spiro atoms. The number of nitrogens with one attached hydrogen (secondary N) is 2. The van der Waals surface area contributed by atoms with Crippen molar-refractivity contribution in [1.82, 2.24) is 20.4 Å². The van der Waals surface area contributed by atoms with Gasteiger partial charge in [0.15, 0.2) is 5.96 Å². The summed E-state index contributed by atoms with van der Waals surface area (Å²) < 4.78 is 4.79. The molecule has 1 amide bonds. The average molecular weight is 390 g/mol. The molecule has 1 fully saturated rings. The maximum atomic E-state index is 11.6. The largest absolute Gasteiger partial charge is 0.453 e. The van der Waals surface area contributed by atoms with Gasteiger partial charge < -0.3 is 20.3 Å². The minimum Gasteiger partial charge on any atom is -0.453 e. The van der Waals surface area contributed by atoms with E-state index < -0.39 is 0 Å². The van der Waals surface area contributed by atoms with E-state index in [2.05, 4.69) is 64.8 Å². The number of hydrogen-bond acceptors (Lipinski definition) is 4. The van der Waals surface area contributed by atoms with Crippen LogP contribution in [0.25, 0.3) is 0 Å². The number of methoxy groups -OCH3 is 1. The summed E-state index contributed by atoms with van der Waals surface area (Å²) in [6.07, 6.45) is 2.58. The predicted octanol–water partition coefficient (Wildman–Crippen LogP) is 2.29. The number of hydrogen-bond donors (Lipinski definition) is 2. The third-order valence-electron chi connectivity index (χ3n) is 5.37. The van der Waals surface area contributed by atoms with E-state index in [1.807, 2.05) is 0 Å². The Bertz CT molecular complexity index is 614. The molecule has 7 nitrogen and oxygen atoms in total. The van der Waals surface area contributed by atoms with Gasteiger partial charge in [-0.15, -0.1) is 0 Å². The molecule has 0 radical (unpaired) electrons. The van der Waals surface area contributed by atoms with Gasteiger partial charge >= 0.3 is 6.09 Å². The lowest BCUT2D eigenvalue weighted by Gasteiger charge is -2.32. The number of carbonyl (C=O) groups excluding carboxylic acids is 1. The first-order chi connectivity index (χ1) is 13.5. The van der Waals surface area contributed by atoms with Gasteiger partial charge in [0.1, 0.15) is 0 Å². The van der Waals surface area contributed by atoms with Crippen LogP contribution in [0.1, 0.15) is 31.7 Å². The summed E-state index contributed by atoms with van der Waals surface area (Å²) in [6.45, 7) is 5.49. The number of piperidine rings is 1. The molecule has 2 rings (SSSR count). The number of carbonyl (C=O) groups is 1. The van der Waals surface area contributed by atoms with Crippen molar-refractivity contribution in [3.8, 4) is 0 Å². The van der Waals surface area contributed by atoms with E-state index in [-0.39, 0.29) is 6.09 Å². The Morgan fingerprint density at radius 3 is 2.61 bits per heavy atom. The van der Waals surface area contributed by atoms with Crippen molar-refractivity contribution in [3.05, 3.63) is 35.9 Å². The first-order valence-electron chi connectivity index (χ1n) is 10.1. The molecule has 28 heavy (non-hydrogen) atoms. The minimum atomic E-state index is -0.241. The van der Waals surface area contributed by atoms with Crippen LogP contribution < -0.4 is 10.6 Å². The van der Waals surface area contributed by atoms with Crippen LogP contribution in [0.3, 0.4) is 0 Å². The lowest BCUT2D eigenvalue weighted by Crippen LogP contribution is -2.50. The Morgan fingerprint density at radius 2 is 2.00 bits per heavy atom. The summed E-state index contributed by atoms with van der Waals surface area (Å²) in [5.74, 6) is 0.828. The maximum Gasteiger partial charge on any atom is 0.409 e. The number of benzene rings is 1. The van der Waals surface area contributed by atoms with Crippen LogP contribution in [-0.2, 0) is 11.3 Å². The van der Waals surface area contributed by atoms with E-state index in [1.54, 1.807) is 11.9 Å². The number of aliphatic imine (C=N–C) groups is 1. The Hall–Kier alpha value is -2.28. The van der Waals surface area contributed by atoms with Gasteiger partial charge in [-0.1, -0.05) is 30.3 Å². The van der Waals surface area contributed by atoms with E-state index >= 15 is 0 Å². The monoisotopic (exact) mass is 389 g/mol. The smallest absolute Gasteiger partial charge is 0.409 e. The van der Waals surface area contributed by atoms with Crippen LogP contribution in [0, 0.1) is 0 Å². The zero-order valence-corrected chi connectivity index (χ0v) is 17.6. The normalized spacial score (nSPS) is 16.8. The van der Waals surface area contributed by atoms with Gasteiger partial charge in [0.2, 0.25) is 0 Å². The van der Waals surface area contributed by atoms with Gasteiger partial charge in [0.05, 0.1) is 7.11 Å². The number of amides is 1. The second kappa shape index (κ2) is 11.5. The van der Waals surface area contributed by atoms with E-state index in [0.29, 0.717) is 25.2 Å². The number of guanidine groups is 1. The summed E-state index contributed by atoms with van der Waals surface area (Å²) in [5, 5.41) is 6.89. The molecule has 156 valence electrons. The number of ether oxygens (including phenoxy) is 1. The summed E-state index contributed by atoms with van der Waals surface area (Å²) >= 11 is 0. The number of rotatable bonds is 7. The third-order valence-corrected chi connectivity index (χ3v) is 5.37. The molecule has 1 aromatic carbocycles. The van der Waals surface area contributed by atoms with E-state index in [1.165, 1.54) is 12.7 Å². The van der Waals surface area contributed by atoms with Gasteiger partial charge in [0, 0.05) is 45.3 Å². The van der Waals surface area contributed by atoms with Crippen LogP contribution in [-0.4, -0.2) is 74.8 Å². The summed E-state index contributed by atoms with van der Waals surface area (Å²) in [6, 6.07) is 11.3. The number of likely N-dealkylation sites (tertiary alicyclic amines) is 1. The van der Waals surface area contributed by atoms with Crippen molar-refractivity contribution in [1.29, 1.82) is 0 Å². The Kier molecular flexibility index (Phi) is 9.07. The highest BCUT2D eigenvalue weighted by Gasteiger charge is 2.23. The molecule has 0 bridgehead atoms. The average Bonchev–Trinajstić information content (AvgIpc) is 2.73. The van der Waals surface area contributed by atoms with Crippen LogP contribution in [0.2, 0.25) is 0 Å². The van der Waals surface area contributed by atoms with Crippen molar-refractivity contribution in [3.63, 3.8) is 0 Å². The standard InChI is InChI=1S/C21H35N5O2/c1-17(25(3)16-18-8-6-5-7-9-18)10-13-23-20(22-2)24-19-11-14-26(15-12-19)21(27)28-4/h5-9,17,19H,10-16H2,1-4H3,(H2,22,23,24). The fraction of sp³-hybridized carbons (Fsp3) is 0.619. The van der Waals surface area contributed by atoms with Gasteiger partial charge in [-0.25, -0.2) is 4.79 Å². The molecule has 1 unspecified atom stereocenters. The second-order valence-electron chi connectivity index (χ2n) is 7.41. The van der Waals surface area contributed by atoms with Crippen molar-refractivity contribution < 1.29 is 9.53 Å². The van der Waals surface area contributed by atoms with E-state index in [0.717, 1.165) is 38.3 Å². The van der Waals surface area contributed by atoms with Gasteiger partial charge in [-0.2, -0.15) is 0 Å². The third kappa shape index (κ3) is 7.03. The highest BCUT2D eigenvalue weighted by atomic mass is 16.5. The fourth-order valence-corrected chi connectivity index (χ4v) is 3.37. The zero-order valence-electron chi connectivity index (χ0n) is 17.6. The molecule has 1 saturated heterocycles. The van der Waals surface area contributed by atoms with Crippen molar-refractivity contribution in [2.75, 3.05) is 40.8 Å². The van der Waals surface area contributed by atoms with Gasteiger partial charge in [-0.3, -0.25) is 9.89 Å². The highest BCUT2D eigenvalue weighted by molar-refractivity contribution is 5.80. The topological polar surface area (TPSA) is 69.2 Å². The molecule has 1 atom stereocenters. The maximum absolute atomic E-state index is 11.6. The molecule has 0 aliphatic carbocycles. The molecular weight excluding hydrogens is 354 g/mol.